The predicted octanol–water partition coefficient (Wildman–Crippen LogP) is 0.573. The summed E-state index contributed by atoms with van der Waals surface area (Å²) in [5.41, 5.74) is 0. The molecule has 0 aromatic rings. The molecule has 3 rings (SSSR count). The van der Waals surface area contributed by atoms with Gasteiger partial charge in [-0.05, 0) is 6.92 Å². The van der Waals surface area contributed by atoms with Gasteiger partial charge in [0.15, 0.2) is 5.82 Å². The third-order valence-electron chi connectivity index (χ3n) is 3.43. The van der Waals surface area contributed by atoms with Gasteiger partial charge in [0.05, 0.1) is 12.0 Å². The van der Waals surface area contributed by atoms with Crippen LogP contribution < -0.4 is 5.32 Å². The lowest BCUT2D eigenvalue weighted by Gasteiger charge is -2.42. The van der Waals surface area contributed by atoms with E-state index in [1.165, 1.54) is 0 Å². The zero-order valence-electron chi connectivity index (χ0n) is 10.1. The van der Waals surface area contributed by atoms with E-state index in [-0.39, 0.29) is 5.92 Å². The van der Waals surface area contributed by atoms with E-state index in [2.05, 4.69) is 27.0 Å². The third-order valence-corrected chi connectivity index (χ3v) is 3.43. The van der Waals surface area contributed by atoms with Crippen molar-refractivity contribution < 1.29 is 4.74 Å². The van der Waals surface area contributed by atoms with Gasteiger partial charge in [-0.1, -0.05) is 5.92 Å². The Hall–Kier alpha value is -1.47. The summed E-state index contributed by atoms with van der Waals surface area (Å²) in [5, 5.41) is 3.39. The van der Waals surface area contributed by atoms with Gasteiger partial charge in [-0.3, -0.25) is 0 Å². The maximum absolute atomic E-state index is 5.84. The van der Waals surface area contributed by atoms with Crippen molar-refractivity contribution in [3.63, 3.8) is 0 Å². The lowest BCUT2D eigenvalue weighted by Crippen LogP contribution is -2.54. The fourth-order valence-corrected chi connectivity index (χ4v) is 2.59. The van der Waals surface area contributed by atoms with Gasteiger partial charge < -0.3 is 15.0 Å². The van der Waals surface area contributed by atoms with Gasteiger partial charge in [0.25, 0.3) is 0 Å². The van der Waals surface area contributed by atoms with E-state index in [0.29, 0.717) is 6.04 Å². The Morgan fingerprint density at radius 3 is 3.41 bits per heavy atom. The average Bonchev–Trinajstić information content (AvgIpc) is 2.39. The Labute approximate surface area is 102 Å². The van der Waals surface area contributed by atoms with E-state index in [1.54, 1.807) is 0 Å². The lowest BCUT2D eigenvalue weighted by atomic mass is 10.0. The number of ether oxygens (including phenoxy) is 1. The number of piperazine rings is 1. The van der Waals surface area contributed by atoms with Crippen LogP contribution in [0.5, 0.6) is 0 Å². The van der Waals surface area contributed by atoms with Crippen LogP contribution in [0.25, 0.3) is 0 Å². The highest BCUT2D eigenvalue weighted by Crippen LogP contribution is 2.30. The number of hydrogen-bond acceptors (Lipinski definition) is 4. The summed E-state index contributed by atoms with van der Waals surface area (Å²) >= 11 is 0. The molecule has 0 bridgehead atoms. The van der Waals surface area contributed by atoms with Gasteiger partial charge in [0.2, 0.25) is 0 Å². The standard InChI is InChI=1S/C13H17N3O/c1-2-3-10-6-12-13(15-7-10)16-5-4-14-8-11(16)9-17-12/h7,10-11,14H,4-6,8-9H2,1H3/t10?,11-/m1/s1. The summed E-state index contributed by atoms with van der Waals surface area (Å²) in [4.78, 5) is 6.94. The van der Waals surface area contributed by atoms with Crippen LogP contribution >= 0.6 is 0 Å². The first kappa shape index (κ1) is 10.7. The molecule has 0 aromatic carbocycles. The van der Waals surface area contributed by atoms with Gasteiger partial charge in [-0.2, -0.15) is 0 Å². The predicted molar refractivity (Wildman–Crippen MR) is 66.4 cm³/mol. The van der Waals surface area contributed by atoms with Crippen molar-refractivity contribution in [3.8, 4) is 11.8 Å². The molecule has 1 fully saturated rings. The van der Waals surface area contributed by atoms with Gasteiger partial charge in [-0.15, -0.1) is 5.92 Å². The van der Waals surface area contributed by atoms with Crippen molar-refractivity contribution in [2.75, 3.05) is 26.2 Å². The summed E-state index contributed by atoms with van der Waals surface area (Å²) in [7, 11) is 0. The summed E-state index contributed by atoms with van der Waals surface area (Å²) in [6.07, 6.45) is 2.83. The molecule has 1 saturated heterocycles. The first-order valence-electron chi connectivity index (χ1n) is 6.18. The van der Waals surface area contributed by atoms with Crippen molar-refractivity contribution in [3.05, 3.63) is 11.6 Å². The van der Waals surface area contributed by atoms with E-state index in [9.17, 15) is 0 Å². The molecule has 0 saturated carbocycles. The van der Waals surface area contributed by atoms with Crippen molar-refractivity contribution in [1.29, 1.82) is 0 Å². The minimum absolute atomic E-state index is 0.221. The van der Waals surface area contributed by atoms with Crippen LogP contribution in [0.4, 0.5) is 0 Å². The number of fused-ring (bicyclic) bond motifs is 2. The smallest absolute Gasteiger partial charge is 0.167 e. The molecule has 3 aliphatic rings. The second-order valence-corrected chi connectivity index (χ2v) is 4.59. The quantitative estimate of drug-likeness (QED) is 0.619. The number of nitrogens with zero attached hydrogens (tertiary/aromatic N) is 2. The number of nitrogens with one attached hydrogen (secondary N) is 1. The minimum atomic E-state index is 0.221. The van der Waals surface area contributed by atoms with Crippen LogP contribution in [-0.4, -0.2) is 43.4 Å². The van der Waals surface area contributed by atoms with Crippen LogP contribution in [-0.2, 0) is 4.74 Å². The highest BCUT2D eigenvalue weighted by Gasteiger charge is 2.33. The molecule has 2 atom stereocenters. The molecule has 3 heterocycles. The second-order valence-electron chi connectivity index (χ2n) is 4.59. The maximum atomic E-state index is 5.84. The topological polar surface area (TPSA) is 36.9 Å². The summed E-state index contributed by atoms with van der Waals surface area (Å²) in [6, 6.07) is 0.438. The van der Waals surface area contributed by atoms with Crippen LogP contribution in [0.2, 0.25) is 0 Å². The largest absolute Gasteiger partial charge is 0.492 e. The van der Waals surface area contributed by atoms with Gasteiger partial charge >= 0.3 is 0 Å². The first-order valence-corrected chi connectivity index (χ1v) is 6.18. The molecule has 4 nitrogen and oxygen atoms in total. The molecule has 0 amide bonds. The molecule has 1 unspecified atom stereocenters. The van der Waals surface area contributed by atoms with Crippen LogP contribution in [0.15, 0.2) is 16.6 Å². The molecular formula is C13H17N3O. The second kappa shape index (κ2) is 4.42. The van der Waals surface area contributed by atoms with E-state index >= 15 is 0 Å². The van der Waals surface area contributed by atoms with Gasteiger partial charge in [0, 0.05) is 32.3 Å². The van der Waals surface area contributed by atoms with E-state index in [0.717, 1.165) is 44.2 Å². The fourth-order valence-electron chi connectivity index (χ4n) is 2.59. The molecule has 0 radical (unpaired) electrons. The number of allylic oxidation sites excluding steroid dienone is 1. The Bertz CT molecular complexity index is 430. The van der Waals surface area contributed by atoms with E-state index < -0.39 is 0 Å². The fraction of sp³-hybridized carbons (Fsp3) is 0.615. The Kier molecular flexibility index (Phi) is 2.77. The summed E-state index contributed by atoms with van der Waals surface area (Å²) in [6.45, 7) is 5.68. The van der Waals surface area contributed by atoms with Crippen molar-refractivity contribution >= 4 is 6.21 Å². The molecule has 0 aliphatic carbocycles. The van der Waals surface area contributed by atoms with Crippen molar-refractivity contribution in [2.24, 2.45) is 10.9 Å². The normalized spacial score (nSPS) is 31.0. The molecule has 90 valence electrons. The molecule has 1 N–H and O–H groups in total. The molecule has 0 spiro atoms. The Morgan fingerprint density at radius 2 is 2.53 bits per heavy atom. The van der Waals surface area contributed by atoms with Crippen LogP contribution in [0.1, 0.15) is 13.3 Å². The van der Waals surface area contributed by atoms with Crippen molar-refractivity contribution in [1.82, 2.24) is 10.2 Å². The maximum Gasteiger partial charge on any atom is 0.167 e. The zero-order chi connectivity index (χ0) is 11.7. The van der Waals surface area contributed by atoms with Crippen LogP contribution in [0, 0.1) is 17.8 Å². The molecule has 3 aliphatic heterocycles. The molecule has 4 heteroatoms. The van der Waals surface area contributed by atoms with Crippen molar-refractivity contribution in [2.45, 2.75) is 19.4 Å². The molecule has 0 aromatic heterocycles. The Balaban J connectivity index is 1.83. The number of rotatable bonds is 0. The monoisotopic (exact) mass is 231 g/mol. The van der Waals surface area contributed by atoms with E-state index in [4.69, 9.17) is 4.74 Å². The van der Waals surface area contributed by atoms with Gasteiger partial charge in [-0.25, -0.2) is 4.99 Å². The lowest BCUT2D eigenvalue weighted by molar-refractivity contribution is 0.0535. The zero-order valence-corrected chi connectivity index (χ0v) is 10.1. The van der Waals surface area contributed by atoms with Gasteiger partial charge in [0.1, 0.15) is 12.4 Å². The SMILES string of the molecule is CC#CC1C=NC2=C(C1)OC[C@H]1CNCCN21. The van der Waals surface area contributed by atoms with Crippen LogP contribution in [0.3, 0.4) is 0 Å². The highest BCUT2D eigenvalue weighted by atomic mass is 16.5. The average molecular weight is 231 g/mol. The molecule has 17 heavy (non-hydrogen) atoms. The summed E-state index contributed by atoms with van der Waals surface area (Å²) in [5.74, 6) is 8.38. The first-order chi connectivity index (χ1) is 8.38. The Morgan fingerprint density at radius 1 is 1.59 bits per heavy atom. The number of hydrogen-bond donors (Lipinski definition) is 1. The van der Waals surface area contributed by atoms with E-state index in [1.807, 2.05) is 13.1 Å². The number of aliphatic imine (C=N–C) groups is 1. The minimum Gasteiger partial charge on any atom is -0.492 e. The third kappa shape index (κ3) is 1.91. The summed E-state index contributed by atoms with van der Waals surface area (Å²) < 4.78 is 5.84. The highest BCUT2D eigenvalue weighted by molar-refractivity contribution is 5.68. The molecular weight excluding hydrogens is 214 g/mol.